The van der Waals surface area contributed by atoms with Crippen molar-refractivity contribution in [2.45, 2.75) is 51.2 Å². The van der Waals surface area contributed by atoms with Crippen molar-refractivity contribution in [3.05, 3.63) is 113 Å². The number of carbonyl (C=O) groups excluding carboxylic acids is 2. The van der Waals surface area contributed by atoms with E-state index < -0.39 is 6.04 Å². The van der Waals surface area contributed by atoms with Crippen LogP contribution in [0.5, 0.6) is 0 Å². The Morgan fingerprint density at radius 3 is 2.26 bits per heavy atom. The zero-order valence-electron chi connectivity index (χ0n) is 22.5. The molecule has 1 aliphatic heterocycles. The molecular weight excluding hydrogens is 506 g/mol. The zero-order valence-corrected chi connectivity index (χ0v) is 23.3. The summed E-state index contributed by atoms with van der Waals surface area (Å²) in [5.74, 6) is -0.228. The van der Waals surface area contributed by atoms with Crippen LogP contribution in [-0.2, 0) is 35.4 Å². The lowest BCUT2D eigenvalue weighted by Crippen LogP contribution is -2.52. The first-order valence-electron chi connectivity index (χ1n) is 13.5. The highest BCUT2D eigenvalue weighted by molar-refractivity contribution is 6.01. The summed E-state index contributed by atoms with van der Waals surface area (Å²) in [4.78, 5) is 28.4. The topological polar surface area (TPSA) is 61.4 Å². The van der Waals surface area contributed by atoms with E-state index in [-0.39, 0.29) is 30.3 Å². The van der Waals surface area contributed by atoms with Gasteiger partial charge in [0.2, 0.25) is 11.8 Å². The van der Waals surface area contributed by atoms with Gasteiger partial charge in [-0.05, 0) is 78.7 Å². The van der Waals surface area contributed by atoms with Gasteiger partial charge in [-0.25, -0.2) is 0 Å². The minimum Gasteiger partial charge on any atom is -0.343 e. The number of hydrogen-bond acceptors (Lipinski definition) is 3. The SMILES string of the molecule is CNC(C)C(=O)NC1CCc2ccccc2N(Cc2ccc(CCc3ccccc3)c3ccccc23)C1=O.Cl. The Balaban J connectivity index is 0.00000353. The summed E-state index contributed by atoms with van der Waals surface area (Å²) in [7, 11) is 1.75. The highest BCUT2D eigenvalue weighted by atomic mass is 35.5. The summed E-state index contributed by atoms with van der Waals surface area (Å²) >= 11 is 0. The second kappa shape index (κ2) is 12.9. The lowest BCUT2D eigenvalue weighted by molar-refractivity contribution is -0.128. The normalized spacial score (nSPS) is 15.7. The predicted molar refractivity (Wildman–Crippen MR) is 161 cm³/mol. The molecule has 0 saturated heterocycles. The Labute approximate surface area is 237 Å². The lowest BCUT2D eigenvalue weighted by atomic mass is 9.95. The fourth-order valence-electron chi connectivity index (χ4n) is 5.31. The summed E-state index contributed by atoms with van der Waals surface area (Å²) in [6, 6.07) is 30.6. The molecule has 2 amide bonds. The maximum atomic E-state index is 13.9. The van der Waals surface area contributed by atoms with Crippen LogP contribution in [0.15, 0.2) is 91.0 Å². The fourth-order valence-corrected chi connectivity index (χ4v) is 5.31. The summed E-state index contributed by atoms with van der Waals surface area (Å²) in [6.45, 7) is 2.25. The third-order valence-electron chi connectivity index (χ3n) is 7.65. The molecule has 0 radical (unpaired) electrons. The first-order valence-corrected chi connectivity index (χ1v) is 13.5. The number of amides is 2. The van der Waals surface area contributed by atoms with Gasteiger partial charge in [0.05, 0.1) is 12.6 Å². The maximum Gasteiger partial charge on any atom is 0.249 e. The quantitative estimate of drug-likeness (QED) is 0.304. The van der Waals surface area contributed by atoms with Crippen molar-refractivity contribution >= 4 is 40.7 Å². The molecule has 0 saturated carbocycles. The van der Waals surface area contributed by atoms with E-state index in [1.54, 1.807) is 14.0 Å². The van der Waals surface area contributed by atoms with E-state index in [2.05, 4.69) is 77.4 Å². The number of benzene rings is 4. The summed E-state index contributed by atoms with van der Waals surface area (Å²) in [6.07, 6.45) is 3.24. The number of aryl methyl sites for hydroxylation is 3. The van der Waals surface area contributed by atoms with Gasteiger partial charge in [0.15, 0.2) is 0 Å². The van der Waals surface area contributed by atoms with Crippen molar-refractivity contribution < 1.29 is 9.59 Å². The largest absolute Gasteiger partial charge is 0.343 e. The van der Waals surface area contributed by atoms with Crippen LogP contribution in [-0.4, -0.2) is 30.9 Å². The number of anilines is 1. The van der Waals surface area contributed by atoms with Crippen molar-refractivity contribution in [1.82, 2.24) is 10.6 Å². The van der Waals surface area contributed by atoms with Gasteiger partial charge >= 0.3 is 0 Å². The van der Waals surface area contributed by atoms with Crippen LogP contribution in [0.4, 0.5) is 5.69 Å². The molecule has 5 nitrogen and oxygen atoms in total. The molecule has 2 atom stereocenters. The molecule has 0 spiro atoms. The van der Waals surface area contributed by atoms with Crippen LogP contribution in [0, 0.1) is 0 Å². The monoisotopic (exact) mass is 541 g/mol. The van der Waals surface area contributed by atoms with Crippen molar-refractivity contribution in [3.8, 4) is 0 Å². The van der Waals surface area contributed by atoms with Gasteiger partial charge in [0, 0.05) is 5.69 Å². The van der Waals surface area contributed by atoms with Gasteiger partial charge in [0.25, 0.3) is 0 Å². The van der Waals surface area contributed by atoms with Gasteiger partial charge in [-0.15, -0.1) is 12.4 Å². The Morgan fingerprint density at radius 2 is 1.51 bits per heavy atom. The Bertz CT molecular complexity index is 1440. The molecule has 1 aliphatic rings. The molecule has 4 aromatic carbocycles. The molecule has 5 rings (SSSR count). The molecule has 4 aromatic rings. The highest BCUT2D eigenvalue weighted by Crippen LogP contribution is 2.31. The molecule has 2 unspecified atom stereocenters. The number of fused-ring (bicyclic) bond motifs is 2. The molecule has 2 N–H and O–H groups in total. The second-order valence-corrected chi connectivity index (χ2v) is 10.1. The molecule has 0 fully saturated rings. The average molecular weight is 542 g/mol. The van der Waals surface area contributed by atoms with E-state index in [0.29, 0.717) is 13.0 Å². The molecular formula is C33H36ClN3O2. The molecule has 0 bridgehead atoms. The summed E-state index contributed by atoms with van der Waals surface area (Å²) < 4.78 is 0. The second-order valence-electron chi connectivity index (χ2n) is 10.1. The van der Waals surface area contributed by atoms with Gasteiger partial charge in [-0.2, -0.15) is 0 Å². The minimum absolute atomic E-state index is 0. The number of para-hydroxylation sites is 1. The lowest BCUT2D eigenvalue weighted by Gasteiger charge is -2.27. The van der Waals surface area contributed by atoms with Gasteiger partial charge < -0.3 is 15.5 Å². The van der Waals surface area contributed by atoms with Crippen molar-refractivity contribution in [2.75, 3.05) is 11.9 Å². The van der Waals surface area contributed by atoms with E-state index in [1.807, 2.05) is 29.2 Å². The number of carbonyl (C=O) groups is 2. The van der Waals surface area contributed by atoms with Crippen LogP contribution in [0.3, 0.4) is 0 Å². The van der Waals surface area contributed by atoms with Gasteiger partial charge in [-0.3, -0.25) is 9.59 Å². The van der Waals surface area contributed by atoms with Crippen LogP contribution in [0.1, 0.15) is 35.6 Å². The third kappa shape index (κ3) is 6.32. The first kappa shape index (κ1) is 28.3. The molecule has 6 heteroatoms. The van der Waals surface area contributed by atoms with Gasteiger partial charge in [0.1, 0.15) is 6.04 Å². The molecule has 39 heavy (non-hydrogen) atoms. The van der Waals surface area contributed by atoms with Crippen molar-refractivity contribution in [1.29, 1.82) is 0 Å². The maximum absolute atomic E-state index is 13.9. The van der Waals surface area contributed by atoms with E-state index in [0.717, 1.165) is 41.5 Å². The number of halogens is 1. The number of nitrogens with one attached hydrogen (secondary N) is 2. The van der Waals surface area contributed by atoms with Crippen LogP contribution in [0.25, 0.3) is 10.8 Å². The summed E-state index contributed by atoms with van der Waals surface area (Å²) in [5, 5.41) is 8.35. The third-order valence-corrected chi connectivity index (χ3v) is 7.65. The number of likely N-dealkylation sites (N-methyl/N-ethyl adjacent to an activating group) is 1. The number of hydrogen-bond donors (Lipinski definition) is 2. The Kier molecular flexibility index (Phi) is 9.39. The molecule has 0 aromatic heterocycles. The molecule has 202 valence electrons. The first-order chi connectivity index (χ1) is 18.5. The van der Waals surface area contributed by atoms with Crippen molar-refractivity contribution in [2.24, 2.45) is 0 Å². The smallest absolute Gasteiger partial charge is 0.249 e. The number of rotatable bonds is 8. The molecule has 0 aliphatic carbocycles. The minimum atomic E-state index is -0.567. The Morgan fingerprint density at radius 1 is 0.872 bits per heavy atom. The van der Waals surface area contributed by atoms with E-state index in [1.165, 1.54) is 16.5 Å². The predicted octanol–water partition coefficient (Wildman–Crippen LogP) is 5.62. The van der Waals surface area contributed by atoms with Crippen LogP contribution < -0.4 is 15.5 Å². The van der Waals surface area contributed by atoms with Crippen LogP contribution >= 0.6 is 12.4 Å². The summed E-state index contributed by atoms with van der Waals surface area (Å²) in [5.41, 5.74) is 5.79. The van der Waals surface area contributed by atoms with Gasteiger partial charge in [-0.1, -0.05) is 84.9 Å². The average Bonchev–Trinajstić information content (AvgIpc) is 3.09. The molecule has 1 heterocycles. The standard InChI is InChI=1S/C33H35N3O2.ClH/c1-23(34-2)32(37)35-30-21-20-26-12-6-9-15-31(26)36(33(30)38)22-27-19-18-25(28-13-7-8-14-29(27)28)17-16-24-10-4-3-5-11-24;/h3-15,18-19,23,30,34H,16-17,20-22H2,1-2H3,(H,35,37);1H. The zero-order chi connectivity index (χ0) is 26.5. The highest BCUT2D eigenvalue weighted by Gasteiger charge is 2.32. The Hall–Kier alpha value is -3.67. The van der Waals surface area contributed by atoms with E-state index in [9.17, 15) is 9.59 Å². The van der Waals surface area contributed by atoms with E-state index in [4.69, 9.17) is 0 Å². The number of nitrogens with zero attached hydrogens (tertiary/aromatic N) is 1. The van der Waals surface area contributed by atoms with Crippen molar-refractivity contribution in [3.63, 3.8) is 0 Å². The van der Waals surface area contributed by atoms with Crippen LogP contribution in [0.2, 0.25) is 0 Å². The fraction of sp³-hybridized carbons (Fsp3) is 0.273. The van der Waals surface area contributed by atoms with E-state index >= 15 is 0 Å².